The Labute approximate surface area is 127 Å². The molecule has 100 valence electrons. The Hall–Kier alpha value is -1.85. The minimum absolute atomic E-state index is 0.0527. The monoisotopic (exact) mass is 350 g/mol. The predicted octanol–water partition coefficient (Wildman–Crippen LogP) is 4.95. The van der Waals surface area contributed by atoms with Gasteiger partial charge in [-0.3, -0.25) is 10.1 Å². The van der Waals surface area contributed by atoms with E-state index in [0.29, 0.717) is 10.7 Å². The van der Waals surface area contributed by atoms with Crippen LogP contribution in [0, 0.1) is 10.1 Å². The van der Waals surface area contributed by atoms with E-state index in [2.05, 4.69) is 15.9 Å². The van der Waals surface area contributed by atoms with Crippen LogP contribution in [0.1, 0.15) is 0 Å². The minimum Gasteiger partial charge on any atom is -0.309 e. The van der Waals surface area contributed by atoms with E-state index in [1.807, 2.05) is 12.1 Å². The Bertz CT molecular complexity index is 829. The third-order valence-electron chi connectivity index (χ3n) is 3.08. The van der Waals surface area contributed by atoms with Crippen LogP contribution in [0.25, 0.3) is 16.6 Å². The van der Waals surface area contributed by atoms with Crippen LogP contribution in [0.3, 0.4) is 0 Å². The lowest BCUT2D eigenvalue weighted by Crippen LogP contribution is -1.99. The molecule has 1 heterocycles. The number of hydrogen-bond acceptors (Lipinski definition) is 2. The van der Waals surface area contributed by atoms with Crippen molar-refractivity contribution in [1.29, 1.82) is 0 Å². The van der Waals surface area contributed by atoms with Crippen molar-refractivity contribution in [2.45, 2.75) is 0 Å². The first kappa shape index (κ1) is 13.1. The molecule has 3 rings (SSSR count). The maximum absolute atomic E-state index is 11.2. The summed E-state index contributed by atoms with van der Waals surface area (Å²) in [4.78, 5) is 10.8. The number of halogens is 2. The van der Waals surface area contributed by atoms with Gasteiger partial charge in [-0.2, -0.15) is 0 Å². The zero-order chi connectivity index (χ0) is 14.3. The second-order valence-corrected chi connectivity index (χ2v) is 5.43. The van der Waals surface area contributed by atoms with Gasteiger partial charge in [0.2, 0.25) is 0 Å². The van der Waals surface area contributed by atoms with Gasteiger partial charge in [-0.15, -0.1) is 0 Å². The van der Waals surface area contributed by atoms with Crippen LogP contribution < -0.4 is 0 Å². The molecule has 0 aliphatic rings. The second-order valence-electron chi connectivity index (χ2n) is 4.23. The van der Waals surface area contributed by atoms with E-state index in [4.69, 9.17) is 11.6 Å². The summed E-state index contributed by atoms with van der Waals surface area (Å²) in [7, 11) is 0. The Kier molecular flexibility index (Phi) is 3.23. The van der Waals surface area contributed by atoms with Crippen molar-refractivity contribution < 1.29 is 4.92 Å². The summed E-state index contributed by atoms with van der Waals surface area (Å²) in [6, 6.07) is 12.2. The molecule has 4 nitrogen and oxygen atoms in total. The molecule has 3 aromatic rings. The first-order chi connectivity index (χ1) is 9.59. The van der Waals surface area contributed by atoms with Crippen LogP contribution in [0.2, 0.25) is 5.02 Å². The molecule has 0 atom stereocenters. The molecule has 6 heteroatoms. The molecule has 0 amide bonds. The highest BCUT2D eigenvalue weighted by molar-refractivity contribution is 9.10. The lowest BCUT2D eigenvalue weighted by atomic mass is 10.2. The van der Waals surface area contributed by atoms with E-state index in [1.54, 1.807) is 35.0 Å². The van der Waals surface area contributed by atoms with Gasteiger partial charge in [0, 0.05) is 17.6 Å². The van der Waals surface area contributed by atoms with Crippen LogP contribution in [0.5, 0.6) is 0 Å². The van der Waals surface area contributed by atoms with E-state index in [9.17, 15) is 10.1 Å². The average molecular weight is 352 g/mol. The van der Waals surface area contributed by atoms with E-state index >= 15 is 0 Å². The molecule has 0 aliphatic heterocycles. The number of hydrogen-bond donors (Lipinski definition) is 0. The normalized spacial score (nSPS) is 10.9. The van der Waals surface area contributed by atoms with Crippen molar-refractivity contribution in [2.75, 3.05) is 0 Å². The lowest BCUT2D eigenvalue weighted by molar-refractivity contribution is -0.384. The molecule has 1 aromatic heterocycles. The highest BCUT2D eigenvalue weighted by Crippen LogP contribution is 2.35. The molecular formula is C14H8BrClN2O2. The van der Waals surface area contributed by atoms with Crippen molar-refractivity contribution in [3.63, 3.8) is 0 Å². The number of aromatic nitrogens is 1. The van der Waals surface area contributed by atoms with Crippen LogP contribution in [-0.4, -0.2) is 9.49 Å². The molecule has 0 spiro atoms. The summed E-state index contributed by atoms with van der Waals surface area (Å²) in [5, 5.41) is 12.7. The van der Waals surface area contributed by atoms with Crippen LogP contribution in [0.15, 0.2) is 53.1 Å². The van der Waals surface area contributed by atoms with Crippen LogP contribution in [0.4, 0.5) is 5.69 Å². The van der Waals surface area contributed by atoms with E-state index in [-0.39, 0.29) is 10.6 Å². The zero-order valence-corrected chi connectivity index (χ0v) is 12.4. The summed E-state index contributed by atoms with van der Waals surface area (Å²) in [5.74, 6) is 0. The van der Waals surface area contributed by atoms with E-state index in [1.165, 1.54) is 6.07 Å². The van der Waals surface area contributed by atoms with Gasteiger partial charge in [-0.25, -0.2) is 0 Å². The Morgan fingerprint density at radius 1 is 1.15 bits per heavy atom. The fourth-order valence-electron chi connectivity index (χ4n) is 2.19. The number of benzene rings is 2. The van der Waals surface area contributed by atoms with Crippen LogP contribution in [-0.2, 0) is 0 Å². The van der Waals surface area contributed by atoms with Gasteiger partial charge in [-0.1, -0.05) is 29.8 Å². The zero-order valence-electron chi connectivity index (χ0n) is 10.1. The fourth-order valence-corrected chi connectivity index (χ4v) is 2.89. The quantitative estimate of drug-likeness (QED) is 0.484. The number of nitro benzene ring substituents is 1. The molecule has 0 aliphatic carbocycles. The van der Waals surface area contributed by atoms with E-state index in [0.717, 1.165) is 15.4 Å². The molecule has 0 bridgehead atoms. The molecule has 2 aromatic carbocycles. The topological polar surface area (TPSA) is 48.1 Å². The van der Waals surface area contributed by atoms with Gasteiger partial charge in [0.1, 0.15) is 5.69 Å². The van der Waals surface area contributed by atoms with Crippen LogP contribution >= 0.6 is 27.5 Å². The number of para-hydroxylation sites is 2. The van der Waals surface area contributed by atoms with Crippen molar-refractivity contribution in [2.24, 2.45) is 0 Å². The van der Waals surface area contributed by atoms with Gasteiger partial charge in [0.15, 0.2) is 0 Å². The third-order valence-corrected chi connectivity index (χ3v) is 4.43. The van der Waals surface area contributed by atoms with E-state index < -0.39 is 0 Å². The van der Waals surface area contributed by atoms with Gasteiger partial charge in [0.25, 0.3) is 5.69 Å². The Balaban J connectivity index is 2.36. The summed E-state index contributed by atoms with van der Waals surface area (Å²) >= 11 is 9.56. The highest BCUT2D eigenvalue weighted by atomic mass is 79.9. The number of nitro groups is 1. The molecule has 0 fully saturated rings. The maximum Gasteiger partial charge on any atom is 0.293 e. The third kappa shape index (κ3) is 1.99. The summed E-state index contributed by atoms with van der Waals surface area (Å²) in [6.45, 7) is 0. The maximum atomic E-state index is 11.2. The smallest absolute Gasteiger partial charge is 0.293 e. The molecule has 0 saturated carbocycles. The largest absolute Gasteiger partial charge is 0.309 e. The minimum atomic E-state index is -0.389. The SMILES string of the molecule is O=[N+]([O-])c1ccccc1-n1ccc2ccc(Cl)c(Br)c21. The number of fused-ring (bicyclic) bond motifs is 1. The Morgan fingerprint density at radius 3 is 2.65 bits per heavy atom. The van der Waals surface area contributed by atoms with Gasteiger partial charge in [0.05, 0.1) is 19.9 Å². The molecular weight excluding hydrogens is 344 g/mol. The molecule has 0 N–H and O–H groups in total. The van der Waals surface area contributed by atoms with Crippen molar-refractivity contribution >= 4 is 44.1 Å². The molecule has 0 radical (unpaired) electrons. The first-order valence-corrected chi connectivity index (χ1v) is 6.95. The predicted molar refractivity (Wildman–Crippen MR) is 82.6 cm³/mol. The van der Waals surface area contributed by atoms with Crippen molar-refractivity contribution in [3.8, 4) is 5.69 Å². The van der Waals surface area contributed by atoms with Gasteiger partial charge in [-0.05, 0) is 34.1 Å². The highest BCUT2D eigenvalue weighted by Gasteiger charge is 2.17. The fraction of sp³-hybridized carbons (Fsp3) is 0. The number of nitrogens with zero attached hydrogens (tertiary/aromatic N) is 2. The van der Waals surface area contributed by atoms with Crippen molar-refractivity contribution in [3.05, 3.63) is 68.3 Å². The van der Waals surface area contributed by atoms with Gasteiger partial charge >= 0.3 is 0 Å². The molecule has 20 heavy (non-hydrogen) atoms. The summed E-state index contributed by atoms with van der Waals surface area (Å²) in [5.41, 5.74) is 1.37. The standard InChI is InChI=1S/C14H8BrClN2O2/c15-13-10(16)6-5-9-7-8-17(14(9)13)11-3-1-2-4-12(11)18(19)20/h1-8H. The van der Waals surface area contributed by atoms with Gasteiger partial charge < -0.3 is 4.57 Å². The number of rotatable bonds is 2. The molecule has 0 unspecified atom stereocenters. The average Bonchev–Trinajstić information content (AvgIpc) is 2.87. The second kappa shape index (κ2) is 4.92. The van der Waals surface area contributed by atoms with Crippen molar-refractivity contribution in [1.82, 2.24) is 4.57 Å². The Morgan fingerprint density at radius 2 is 1.90 bits per heavy atom. The first-order valence-electron chi connectivity index (χ1n) is 5.78. The summed E-state index contributed by atoms with van der Waals surface area (Å²) in [6.07, 6.45) is 1.80. The lowest BCUT2D eigenvalue weighted by Gasteiger charge is -2.08. The molecule has 0 saturated heterocycles. The summed E-state index contributed by atoms with van der Waals surface area (Å²) < 4.78 is 2.49.